The van der Waals surface area contributed by atoms with Crippen LogP contribution in [-0.4, -0.2) is 32.3 Å². The minimum absolute atomic E-state index is 0.143. The molecular weight excluding hydrogens is 392 g/mol. The van der Waals surface area contributed by atoms with Crippen LogP contribution in [0.4, 0.5) is 11.4 Å². The summed E-state index contributed by atoms with van der Waals surface area (Å²) in [5.41, 5.74) is 1.53. The molecule has 31 heavy (non-hydrogen) atoms. The summed E-state index contributed by atoms with van der Waals surface area (Å²) < 4.78 is 16.9. The van der Waals surface area contributed by atoms with Gasteiger partial charge in [0, 0.05) is 17.4 Å². The first-order valence-corrected chi connectivity index (χ1v) is 10.4. The molecule has 0 saturated carbocycles. The lowest BCUT2D eigenvalue weighted by molar-refractivity contribution is -0.114. The van der Waals surface area contributed by atoms with E-state index in [2.05, 4.69) is 17.6 Å². The van der Waals surface area contributed by atoms with Gasteiger partial charge in [0.15, 0.2) is 0 Å². The predicted octanol–water partition coefficient (Wildman–Crippen LogP) is 4.98. The zero-order valence-electron chi connectivity index (χ0n) is 17.7. The van der Waals surface area contributed by atoms with Gasteiger partial charge in [0.1, 0.15) is 30.5 Å². The number of rotatable bonds is 12. The fraction of sp³-hybridized carbons (Fsp3) is 0.240. The number of ether oxygens (including phenoxy) is 3. The second kappa shape index (κ2) is 12.1. The molecule has 6 heteroatoms. The van der Waals surface area contributed by atoms with Crippen molar-refractivity contribution in [1.29, 1.82) is 0 Å². The van der Waals surface area contributed by atoms with Crippen molar-refractivity contribution in [2.24, 2.45) is 0 Å². The van der Waals surface area contributed by atoms with Gasteiger partial charge >= 0.3 is 0 Å². The summed E-state index contributed by atoms with van der Waals surface area (Å²) >= 11 is 0. The Balaban J connectivity index is 1.39. The molecule has 0 aliphatic rings. The lowest BCUT2D eigenvalue weighted by Gasteiger charge is -2.11. The van der Waals surface area contributed by atoms with E-state index in [4.69, 9.17) is 14.2 Å². The fourth-order valence-corrected chi connectivity index (χ4v) is 2.78. The quantitative estimate of drug-likeness (QED) is 0.404. The smallest absolute Gasteiger partial charge is 0.243 e. The van der Waals surface area contributed by atoms with Crippen molar-refractivity contribution in [2.75, 3.05) is 37.0 Å². The highest BCUT2D eigenvalue weighted by molar-refractivity contribution is 5.93. The Bertz CT molecular complexity index is 930. The van der Waals surface area contributed by atoms with Gasteiger partial charge < -0.3 is 24.8 Å². The fourth-order valence-electron chi connectivity index (χ4n) is 2.78. The normalized spacial score (nSPS) is 10.2. The zero-order valence-corrected chi connectivity index (χ0v) is 17.7. The van der Waals surface area contributed by atoms with Crippen molar-refractivity contribution in [3.63, 3.8) is 0 Å². The van der Waals surface area contributed by atoms with Crippen molar-refractivity contribution in [3.8, 4) is 17.2 Å². The minimum Gasteiger partial charge on any atom is -0.494 e. The molecule has 0 aliphatic heterocycles. The topological polar surface area (TPSA) is 68.8 Å². The largest absolute Gasteiger partial charge is 0.494 e. The first-order valence-electron chi connectivity index (χ1n) is 10.4. The van der Waals surface area contributed by atoms with Crippen LogP contribution in [0.25, 0.3) is 0 Å². The van der Waals surface area contributed by atoms with Crippen molar-refractivity contribution >= 4 is 17.3 Å². The lowest BCUT2D eigenvalue weighted by atomic mass is 10.3. The molecule has 1 amide bonds. The summed E-state index contributed by atoms with van der Waals surface area (Å²) in [7, 11) is 0. The number of benzene rings is 3. The number of carbonyl (C=O) groups excluding carboxylic acids is 1. The van der Waals surface area contributed by atoms with E-state index in [-0.39, 0.29) is 12.5 Å². The van der Waals surface area contributed by atoms with Gasteiger partial charge in [-0.25, -0.2) is 0 Å². The number of para-hydroxylation sites is 1. The van der Waals surface area contributed by atoms with Crippen LogP contribution in [0.3, 0.4) is 0 Å². The van der Waals surface area contributed by atoms with E-state index >= 15 is 0 Å². The zero-order chi connectivity index (χ0) is 21.7. The van der Waals surface area contributed by atoms with Crippen LogP contribution >= 0.6 is 0 Å². The van der Waals surface area contributed by atoms with E-state index in [9.17, 15) is 4.79 Å². The summed E-state index contributed by atoms with van der Waals surface area (Å²) in [4.78, 5) is 12.3. The van der Waals surface area contributed by atoms with E-state index in [0.717, 1.165) is 23.6 Å². The van der Waals surface area contributed by atoms with Crippen LogP contribution in [0.5, 0.6) is 17.2 Å². The van der Waals surface area contributed by atoms with E-state index in [1.54, 1.807) is 6.07 Å². The molecule has 3 aromatic carbocycles. The molecule has 3 rings (SSSR count). The Labute approximate surface area is 183 Å². The lowest BCUT2D eigenvalue weighted by Crippen LogP contribution is -2.21. The molecule has 0 radical (unpaired) electrons. The summed E-state index contributed by atoms with van der Waals surface area (Å²) in [6.45, 7) is 3.76. The maximum atomic E-state index is 12.3. The molecule has 0 atom stereocenters. The van der Waals surface area contributed by atoms with Crippen molar-refractivity contribution in [1.82, 2.24) is 0 Å². The van der Waals surface area contributed by atoms with Gasteiger partial charge in [-0.05, 0) is 55.0 Å². The van der Waals surface area contributed by atoms with Crippen LogP contribution in [0.1, 0.15) is 13.3 Å². The highest BCUT2D eigenvalue weighted by atomic mass is 16.5. The SMILES string of the molecule is CCCOc1ccc(NCC(=O)Nc2cccc(OCCOc3ccccc3)c2)cc1. The van der Waals surface area contributed by atoms with Crippen molar-refractivity contribution in [3.05, 3.63) is 78.9 Å². The highest BCUT2D eigenvalue weighted by Crippen LogP contribution is 2.18. The Morgan fingerprint density at radius 2 is 1.35 bits per heavy atom. The molecular formula is C25H28N2O4. The van der Waals surface area contributed by atoms with Crippen LogP contribution in [0, 0.1) is 0 Å². The Morgan fingerprint density at radius 3 is 2.10 bits per heavy atom. The summed E-state index contributed by atoms with van der Waals surface area (Å²) in [6.07, 6.45) is 0.966. The molecule has 0 aliphatic carbocycles. The summed E-state index contributed by atoms with van der Waals surface area (Å²) in [5, 5.41) is 5.98. The third-order valence-corrected chi connectivity index (χ3v) is 4.26. The molecule has 3 aromatic rings. The molecule has 2 N–H and O–H groups in total. The number of anilines is 2. The highest BCUT2D eigenvalue weighted by Gasteiger charge is 2.04. The second-order valence-electron chi connectivity index (χ2n) is 6.81. The van der Waals surface area contributed by atoms with Crippen molar-refractivity contribution in [2.45, 2.75) is 13.3 Å². The molecule has 162 valence electrons. The van der Waals surface area contributed by atoms with Gasteiger partial charge in [-0.2, -0.15) is 0 Å². The first kappa shape index (κ1) is 22.0. The maximum Gasteiger partial charge on any atom is 0.243 e. The monoisotopic (exact) mass is 420 g/mol. The van der Waals surface area contributed by atoms with Crippen LogP contribution in [0.15, 0.2) is 78.9 Å². The average Bonchev–Trinajstić information content (AvgIpc) is 2.81. The third kappa shape index (κ3) is 7.93. The van der Waals surface area contributed by atoms with Crippen molar-refractivity contribution < 1.29 is 19.0 Å². The van der Waals surface area contributed by atoms with Gasteiger partial charge in [0.05, 0.1) is 13.2 Å². The van der Waals surface area contributed by atoms with E-state index in [1.807, 2.05) is 72.8 Å². The average molecular weight is 421 g/mol. The number of hydrogen-bond acceptors (Lipinski definition) is 5. The Kier molecular flexibility index (Phi) is 8.61. The van der Waals surface area contributed by atoms with Gasteiger partial charge in [0.2, 0.25) is 5.91 Å². The molecule has 0 heterocycles. The molecule has 0 unspecified atom stereocenters. The van der Waals surface area contributed by atoms with E-state index < -0.39 is 0 Å². The van der Waals surface area contributed by atoms with Crippen LogP contribution < -0.4 is 24.8 Å². The maximum absolute atomic E-state index is 12.3. The van der Waals surface area contributed by atoms with Gasteiger partial charge in [-0.1, -0.05) is 31.2 Å². The van der Waals surface area contributed by atoms with Gasteiger partial charge in [-0.15, -0.1) is 0 Å². The van der Waals surface area contributed by atoms with Crippen LogP contribution in [0.2, 0.25) is 0 Å². The molecule has 6 nitrogen and oxygen atoms in total. The summed E-state index contributed by atoms with van der Waals surface area (Å²) in [6, 6.07) is 24.5. The van der Waals surface area contributed by atoms with E-state index in [0.29, 0.717) is 31.3 Å². The number of amides is 1. The van der Waals surface area contributed by atoms with Crippen LogP contribution in [-0.2, 0) is 4.79 Å². The molecule has 0 spiro atoms. The first-order chi connectivity index (χ1) is 15.2. The van der Waals surface area contributed by atoms with Gasteiger partial charge in [-0.3, -0.25) is 4.79 Å². The number of carbonyl (C=O) groups is 1. The molecule has 0 aromatic heterocycles. The third-order valence-electron chi connectivity index (χ3n) is 4.26. The molecule has 0 saturated heterocycles. The Hall–Kier alpha value is -3.67. The van der Waals surface area contributed by atoms with E-state index in [1.165, 1.54) is 0 Å². The van der Waals surface area contributed by atoms with Gasteiger partial charge in [0.25, 0.3) is 0 Å². The summed E-state index contributed by atoms with van der Waals surface area (Å²) in [5.74, 6) is 2.16. The second-order valence-corrected chi connectivity index (χ2v) is 6.81. The standard InChI is InChI=1S/C25H28N2O4/c1-2-15-29-23-13-11-20(12-14-23)26-19-25(28)27-21-7-6-10-24(18-21)31-17-16-30-22-8-4-3-5-9-22/h3-14,18,26H,2,15-17,19H2,1H3,(H,27,28). The number of hydrogen-bond donors (Lipinski definition) is 2. The number of nitrogens with one attached hydrogen (secondary N) is 2. The predicted molar refractivity (Wildman–Crippen MR) is 123 cm³/mol. The minimum atomic E-state index is -0.143. The Morgan fingerprint density at radius 1 is 0.710 bits per heavy atom. The molecule has 0 fully saturated rings. The molecule has 0 bridgehead atoms.